The summed E-state index contributed by atoms with van der Waals surface area (Å²) >= 11 is 7.61. The fourth-order valence-electron chi connectivity index (χ4n) is 2.43. The topological polar surface area (TPSA) is 39.9 Å². The quantitative estimate of drug-likeness (QED) is 0.514. The normalized spacial score (nSPS) is 10.9. The van der Waals surface area contributed by atoms with Crippen molar-refractivity contribution in [3.8, 4) is 5.75 Å². The van der Waals surface area contributed by atoms with E-state index in [9.17, 15) is 4.39 Å². The molecule has 0 unspecified atom stereocenters. The van der Waals surface area contributed by atoms with Gasteiger partial charge in [-0.2, -0.15) is 0 Å². The molecule has 0 atom stereocenters. The second-order valence-corrected chi connectivity index (χ2v) is 7.11. The summed E-state index contributed by atoms with van der Waals surface area (Å²) in [4.78, 5) is 0. The van der Waals surface area contributed by atoms with Gasteiger partial charge in [0.25, 0.3) is 0 Å². The van der Waals surface area contributed by atoms with Crippen LogP contribution in [0.4, 0.5) is 4.39 Å². The summed E-state index contributed by atoms with van der Waals surface area (Å²) in [6.45, 7) is 5.06. The lowest BCUT2D eigenvalue weighted by Gasteiger charge is -2.10. The van der Waals surface area contributed by atoms with Crippen molar-refractivity contribution in [1.29, 1.82) is 0 Å². The maximum absolute atomic E-state index is 13.0. The molecule has 0 N–H and O–H groups in total. The summed E-state index contributed by atoms with van der Waals surface area (Å²) < 4.78 is 20.8. The number of aromatic nitrogens is 3. The van der Waals surface area contributed by atoms with Crippen LogP contribution >= 0.6 is 23.4 Å². The molecule has 0 fully saturated rings. The van der Waals surface area contributed by atoms with E-state index in [0.29, 0.717) is 17.4 Å². The number of halogens is 2. The molecule has 0 radical (unpaired) electrons. The van der Waals surface area contributed by atoms with Crippen molar-refractivity contribution in [3.63, 3.8) is 0 Å². The van der Waals surface area contributed by atoms with Crippen LogP contribution in [0.25, 0.3) is 0 Å². The minimum atomic E-state index is -0.229. The molecule has 0 bridgehead atoms. The van der Waals surface area contributed by atoms with Crippen molar-refractivity contribution in [2.45, 2.75) is 37.9 Å². The summed E-state index contributed by atoms with van der Waals surface area (Å²) in [5.74, 6) is 1.99. The number of thioether (sulfide) groups is 1. The predicted molar refractivity (Wildman–Crippen MR) is 102 cm³/mol. The molecule has 26 heavy (non-hydrogen) atoms. The largest absolute Gasteiger partial charge is 0.486 e. The molecule has 4 nitrogen and oxygen atoms in total. The Morgan fingerprint density at radius 2 is 1.92 bits per heavy atom. The SMILES string of the molecule is CCn1c(COc2ccc(Cl)c(C)c2)nnc1SCc1ccc(F)cc1. The average molecular weight is 392 g/mol. The Kier molecular flexibility index (Phi) is 6.16. The maximum atomic E-state index is 13.0. The summed E-state index contributed by atoms with van der Waals surface area (Å²) in [5.41, 5.74) is 2.01. The number of hydrogen-bond donors (Lipinski definition) is 0. The van der Waals surface area contributed by atoms with Crippen molar-refractivity contribution in [1.82, 2.24) is 14.8 Å². The molecule has 1 aromatic heterocycles. The van der Waals surface area contributed by atoms with Gasteiger partial charge in [-0.05, 0) is 55.3 Å². The van der Waals surface area contributed by atoms with Crippen molar-refractivity contribution >= 4 is 23.4 Å². The first-order valence-corrected chi connectivity index (χ1v) is 9.61. The highest BCUT2D eigenvalue weighted by Crippen LogP contribution is 2.24. The second-order valence-electron chi connectivity index (χ2n) is 5.76. The highest BCUT2D eigenvalue weighted by Gasteiger charge is 2.12. The van der Waals surface area contributed by atoms with Gasteiger partial charge in [0.05, 0.1) is 0 Å². The van der Waals surface area contributed by atoms with E-state index in [4.69, 9.17) is 16.3 Å². The molecule has 136 valence electrons. The first kappa shape index (κ1) is 18.7. The van der Waals surface area contributed by atoms with Gasteiger partial charge in [0.15, 0.2) is 11.0 Å². The van der Waals surface area contributed by atoms with Crippen molar-refractivity contribution in [2.24, 2.45) is 0 Å². The third kappa shape index (κ3) is 4.56. The van der Waals surface area contributed by atoms with E-state index < -0.39 is 0 Å². The minimum absolute atomic E-state index is 0.229. The zero-order chi connectivity index (χ0) is 18.5. The highest BCUT2D eigenvalue weighted by atomic mass is 35.5. The van der Waals surface area contributed by atoms with E-state index in [1.807, 2.05) is 36.6 Å². The zero-order valence-corrected chi connectivity index (χ0v) is 16.1. The summed E-state index contributed by atoms with van der Waals surface area (Å²) in [6.07, 6.45) is 0. The molecule has 1 heterocycles. The van der Waals surface area contributed by atoms with E-state index in [1.54, 1.807) is 23.9 Å². The van der Waals surface area contributed by atoms with Crippen LogP contribution in [-0.4, -0.2) is 14.8 Å². The number of rotatable bonds is 7. The smallest absolute Gasteiger partial charge is 0.191 e. The number of hydrogen-bond acceptors (Lipinski definition) is 4. The lowest BCUT2D eigenvalue weighted by Crippen LogP contribution is -2.07. The van der Waals surface area contributed by atoms with E-state index in [1.165, 1.54) is 12.1 Å². The van der Waals surface area contributed by atoms with Gasteiger partial charge >= 0.3 is 0 Å². The summed E-state index contributed by atoms with van der Waals surface area (Å²) in [6, 6.07) is 12.1. The molecule has 0 aliphatic heterocycles. The average Bonchev–Trinajstić information content (AvgIpc) is 3.04. The van der Waals surface area contributed by atoms with Gasteiger partial charge < -0.3 is 9.30 Å². The summed E-state index contributed by atoms with van der Waals surface area (Å²) in [7, 11) is 0. The monoisotopic (exact) mass is 391 g/mol. The van der Waals surface area contributed by atoms with Crippen LogP contribution in [0.5, 0.6) is 5.75 Å². The molecule has 0 saturated heterocycles. The van der Waals surface area contributed by atoms with Crippen LogP contribution < -0.4 is 4.74 Å². The molecule has 3 rings (SSSR count). The van der Waals surface area contributed by atoms with Crippen LogP contribution in [0.1, 0.15) is 23.9 Å². The number of nitrogens with zero attached hydrogens (tertiary/aromatic N) is 3. The number of aryl methyl sites for hydroxylation is 1. The Morgan fingerprint density at radius 1 is 1.15 bits per heavy atom. The molecule has 0 aliphatic carbocycles. The second kappa shape index (κ2) is 8.56. The third-order valence-corrected chi connectivity index (χ3v) is 5.35. The molecule has 0 saturated carbocycles. The van der Waals surface area contributed by atoms with Gasteiger partial charge in [-0.15, -0.1) is 10.2 Å². The molecule has 0 aliphatic rings. The Hall–Kier alpha value is -2.05. The number of benzene rings is 2. The first-order valence-electron chi connectivity index (χ1n) is 8.25. The molecule has 7 heteroatoms. The summed E-state index contributed by atoms with van der Waals surface area (Å²) in [5, 5.41) is 10.1. The lowest BCUT2D eigenvalue weighted by atomic mass is 10.2. The first-order chi connectivity index (χ1) is 12.6. The Bertz CT molecular complexity index is 883. The number of ether oxygens (including phenoxy) is 1. The van der Waals surface area contributed by atoms with Gasteiger partial charge in [-0.1, -0.05) is 35.5 Å². The maximum Gasteiger partial charge on any atom is 0.191 e. The van der Waals surface area contributed by atoms with E-state index >= 15 is 0 Å². The fraction of sp³-hybridized carbons (Fsp3) is 0.263. The predicted octanol–water partition coefficient (Wildman–Crippen LogP) is 5.27. The van der Waals surface area contributed by atoms with E-state index in [0.717, 1.165) is 34.4 Å². The van der Waals surface area contributed by atoms with Gasteiger partial charge in [-0.25, -0.2) is 4.39 Å². The highest BCUT2D eigenvalue weighted by molar-refractivity contribution is 7.98. The van der Waals surface area contributed by atoms with Crippen LogP contribution in [0.2, 0.25) is 5.02 Å². The zero-order valence-electron chi connectivity index (χ0n) is 14.6. The van der Waals surface area contributed by atoms with Gasteiger partial charge in [-0.3, -0.25) is 0 Å². The van der Waals surface area contributed by atoms with Crippen molar-refractivity contribution in [2.75, 3.05) is 0 Å². The third-order valence-electron chi connectivity index (χ3n) is 3.89. The van der Waals surface area contributed by atoms with Gasteiger partial charge in [0.1, 0.15) is 18.2 Å². The Labute approximate surface area is 161 Å². The minimum Gasteiger partial charge on any atom is -0.486 e. The molecule has 2 aromatic carbocycles. The molecular weight excluding hydrogens is 373 g/mol. The van der Waals surface area contributed by atoms with Crippen LogP contribution in [-0.2, 0) is 18.9 Å². The Morgan fingerprint density at radius 3 is 2.62 bits per heavy atom. The molecule has 0 spiro atoms. The molecular formula is C19H19ClFN3OS. The van der Waals surface area contributed by atoms with E-state index in [-0.39, 0.29) is 5.82 Å². The molecule has 0 amide bonds. The van der Waals surface area contributed by atoms with Crippen molar-refractivity contribution < 1.29 is 9.13 Å². The van der Waals surface area contributed by atoms with Crippen LogP contribution in [0, 0.1) is 12.7 Å². The van der Waals surface area contributed by atoms with Gasteiger partial charge in [0, 0.05) is 17.3 Å². The van der Waals surface area contributed by atoms with Crippen LogP contribution in [0.15, 0.2) is 47.6 Å². The van der Waals surface area contributed by atoms with Crippen LogP contribution in [0.3, 0.4) is 0 Å². The van der Waals surface area contributed by atoms with Gasteiger partial charge in [0.2, 0.25) is 0 Å². The standard InChI is InChI=1S/C19H19ClFN3OS/c1-3-24-18(11-25-16-8-9-17(20)13(2)10-16)22-23-19(24)26-12-14-4-6-15(21)7-5-14/h4-10H,3,11-12H2,1-2H3. The lowest BCUT2D eigenvalue weighted by molar-refractivity contribution is 0.288. The van der Waals surface area contributed by atoms with Crippen molar-refractivity contribution in [3.05, 3.63) is 70.3 Å². The molecule has 3 aromatic rings. The fourth-order valence-corrected chi connectivity index (χ4v) is 3.53. The Balaban J connectivity index is 1.65. The van der Waals surface area contributed by atoms with E-state index in [2.05, 4.69) is 10.2 Å².